The summed E-state index contributed by atoms with van der Waals surface area (Å²) < 4.78 is 38.8. The van der Waals surface area contributed by atoms with Crippen molar-refractivity contribution in [3.05, 3.63) is 41.1 Å². The lowest BCUT2D eigenvalue weighted by Gasteiger charge is -2.17. The quantitative estimate of drug-likeness (QED) is 0.791. The number of rotatable bonds is 5. The van der Waals surface area contributed by atoms with E-state index in [1.54, 1.807) is 20.1 Å². The molecule has 4 rings (SSSR count). The number of benzene rings is 1. The minimum Gasteiger partial charge on any atom is -0.425 e. The molecule has 1 aromatic carbocycles. The van der Waals surface area contributed by atoms with Gasteiger partial charge in [0.2, 0.25) is 21.8 Å². The van der Waals surface area contributed by atoms with Crippen molar-refractivity contribution < 1.29 is 17.6 Å². The maximum atomic E-state index is 13.2. The van der Waals surface area contributed by atoms with Crippen LogP contribution < -0.4 is 0 Å². The molecule has 0 N–H and O–H groups in total. The van der Waals surface area contributed by atoms with Crippen LogP contribution in [0.25, 0.3) is 0 Å². The summed E-state index contributed by atoms with van der Waals surface area (Å²) in [6, 6.07) is 5.53. The minimum atomic E-state index is -3.56. The molecule has 2 atom stereocenters. The number of ether oxygens (including phenoxy) is 1. The summed E-state index contributed by atoms with van der Waals surface area (Å²) in [6.45, 7) is 2.90. The van der Waals surface area contributed by atoms with Crippen LogP contribution in [-0.4, -0.2) is 49.7 Å². The van der Waals surface area contributed by atoms with E-state index in [4.69, 9.17) is 9.15 Å². The Kier molecular flexibility index (Phi) is 4.58. The number of aromatic nitrogens is 2. The largest absolute Gasteiger partial charge is 0.425 e. The molecule has 0 unspecified atom stereocenters. The molecule has 0 amide bonds. The Bertz CT molecular complexity index is 909. The van der Waals surface area contributed by atoms with Gasteiger partial charge in [-0.05, 0) is 42.5 Å². The highest BCUT2D eigenvalue weighted by Gasteiger charge is 2.42. The van der Waals surface area contributed by atoms with Crippen LogP contribution in [0, 0.1) is 12.8 Å². The molecule has 140 valence electrons. The van der Waals surface area contributed by atoms with E-state index in [0.29, 0.717) is 36.4 Å². The van der Waals surface area contributed by atoms with Crippen LogP contribution in [0.5, 0.6) is 0 Å². The second-order valence-corrected chi connectivity index (χ2v) is 9.03. The summed E-state index contributed by atoms with van der Waals surface area (Å²) in [5, 5.41) is 7.99. The molecule has 0 spiro atoms. The molecule has 1 aromatic heterocycles. The van der Waals surface area contributed by atoms with E-state index in [1.807, 2.05) is 12.1 Å². The van der Waals surface area contributed by atoms with Gasteiger partial charge in [0.25, 0.3) is 0 Å². The number of sulfonamides is 1. The summed E-state index contributed by atoms with van der Waals surface area (Å²) in [5.41, 5.74) is 2.42. The van der Waals surface area contributed by atoms with Gasteiger partial charge in [0.05, 0.1) is 17.4 Å². The van der Waals surface area contributed by atoms with E-state index in [2.05, 4.69) is 10.2 Å². The maximum absolute atomic E-state index is 13.2. The molecule has 1 saturated heterocycles. The first-order valence-electron chi connectivity index (χ1n) is 8.90. The first-order valence-corrected chi connectivity index (χ1v) is 10.3. The fourth-order valence-corrected chi connectivity index (χ4v) is 5.58. The Morgan fingerprint density at radius 2 is 2.04 bits per heavy atom. The Morgan fingerprint density at radius 1 is 1.23 bits per heavy atom. The third kappa shape index (κ3) is 3.06. The predicted octanol–water partition coefficient (Wildman–Crippen LogP) is 1.92. The van der Waals surface area contributed by atoms with Crippen LogP contribution in [0.15, 0.2) is 27.5 Å². The van der Waals surface area contributed by atoms with E-state index in [1.165, 1.54) is 9.87 Å². The first kappa shape index (κ1) is 17.6. The van der Waals surface area contributed by atoms with E-state index in [-0.39, 0.29) is 11.8 Å². The second-order valence-electron chi connectivity index (χ2n) is 7.09. The lowest BCUT2D eigenvalue weighted by Crippen LogP contribution is -2.29. The number of hydrogen-bond donors (Lipinski definition) is 0. The van der Waals surface area contributed by atoms with Crippen LogP contribution in [-0.2, 0) is 27.6 Å². The molecular formula is C18H23N3O4S. The van der Waals surface area contributed by atoms with Gasteiger partial charge in [0.15, 0.2) is 0 Å². The molecule has 2 heterocycles. The predicted molar refractivity (Wildman–Crippen MR) is 94.4 cm³/mol. The monoisotopic (exact) mass is 377 g/mol. The highest BCUT2D eigenvalue weighted by Crippen LogP contribution is 2.36. The molecule has 0 radical (unpaired) electrons. The van der Waals surface area contributed by atoms with Gasteiger partial charge in [-0.3, -0.25) is 0 Å². The van der Waals surface area contributed by atoms with Crippen LogP contribution >= 0.6 is 0 Å². The Balaban J connectivity index is 1.62. The Hall–Kier alpha value is -1.77. The van der Waals surface area contributed by atoms with Crippen LogP contribution in [0.2, 0.25) is 0 Å². The number of aryl methyl sites for hydroxylation is 3. The maximum Gasteiger partial charge on any atom is 0.243 e. The Labute approximate surface area is 153 Å². The molecule has 0 bridgehead atoms. The molecule has 2 aliphatic rings. The topological polar surface area (TPSA) is 85.5 Å². The number of nitrogens with zero attached hydrogens (tertiary/aromatic N) is 3. The molecule has 1 fully saturated rings. The van der Waals surface area contributed by atoms with E-state index < -0.39 is 10.0 Å². The van der Waals surface area contributed by atoms with E-state index in [9.17, 15) is 8.42 Å². The van der Waals surface area contributed by atoms with E-state index >= 15 is 0 Å². The summed E-state index contributed by atoms with van der Waals surface area (Å²) in [6.07, 6.45) is 3.08. The highest BCUT2D eigenvalue weighted by atomic mass is 32.2. The fourth-order valence-electron chi connectivity index (χ4n) is 4.01. The summed E-state index contributed by atoms with van der Waals surface area (Å²) in [5.74, 6) is 0.803. The minimum absolute atomic E-state index is 0.0101. The van der Waals surface area contributed by atoms with Crippen molar-refractivity contribution in [3.63, 3.8) is 0 Å². The summed E-state index contributed by atoms with van der Waals surface area (Å²) in [4.78, 5) is 0.372. The van der Waals surface area contributed by atoms with E-state index in [0.717, 1.165) is 24.8 Å². The number of fused-ring (bicyclic) bond motifs is 1. The molecule has 0 saturated carbocycles. The molecule has 8 heteroatoms. The van der Waals surface area contributed by atoms with Gasteiger partial charge in [-0.25, -0.2) is 8.42 Å². The zero-order chi connectivity index (χ0) is 18.3. The smallest absolute Gasteiger partial charge is 0.243 e. The average Bonchev–Trinajstić information content (AvgIpc) is 3.33. The average molecular weight is 377 g/mol. The highest BCUT2D eigenvalue weighted by molar-refractivity contribution is 7.89. The van der Waals surface area contributed by atoms with Gasteiger partial charge in [0.1, 0.15) is 0 Å². The van der Waals surface area contributed by atoms with Crippen LogP contribution in [0.1, 0.15) is 35.2 Å². The lowest BCUT2D eigenvalue weighted by molar-refractivity contribution is 0.146. The number of hydrogen-bond acceptors (Lipinski definition) is 6. The van der Waals surface area contributed by atoms with Crippen molar-refractivity contribution in [3.8, 4) is 0 Å². The fraction of sp³-hybridized carbons (Fsp3) is 0.556. The van der Waals surface area contributed by atoms with Crippen molar-refractivity contribution >= 4 is 10.0 Å². The van der Waals surface area contributed by atoms with Crippen molar-refractivity contribution in [2.75, 3.05) is 26.8 Å². The Morgan fingerprint density at radius 3 is 2.77 bits per heavy atom. The summed E-state index contributed by atoms with van der Waals surface area (Å²) >= 11 is 0. The summed E-state index contributed by atoms with van der Waals surface area (Å²) in [7, 11) is -1.94. The van der Waals surface area contributed by atoms with Crippen molar-refractivity contribution in [2.24, 2.45) is 5.92 Å². The molecule has 2 aromatic rings. The van der Waals surface area contributed by atoms with Gasteiger partial charge in [-0.2, -0.15) is 4.31 Å². The van der Waals surface area contributed by atoms with Gasteiger partial charge in [-0.1, -0.05) is 6.07 Å². The second kappa shape index (κ2) is 6.75. The van der Waals surface area contributed by atoms with Crippen molar-refractivity contribution in [2.45, 2.75) is 37.0 Å². The third-order valence-corrected chi connectivity index (χ3v) is 7.18. The SMILES string of the molecule is COC[C@@H]1CN(S(=O)(=O)c2ccc3c(c2)CCC3)C[C@H]1c1nnc(C)o1. The first-order chi connectivity index (χ1) is 12.5. The molecule has 1 aliphatic carbocycles. The molecular weight excluding hydrogens is 354 g/mol. The zero-order valence-corrected chi connectivity index (χ0v) is 15.8. The number of methoxy groups -OCH3 is 1. The lowest BCUT2D eigenvalue weighted by atomic mass is 9.97. The van der Waals surface area contributed by atoms with Gasteiger partial charge < -0.3 is 9.15 Å². The van der Waals surface area contributed by atoms with Crippen LogP contribution in [0.4, 0.5) is 0 Å². The third-order valence-electron chi connectivity index (χ3n) is 5.35. The molecule has 7 nitrogen and oxygen atoms in total. The van der Waals surface area contributed by atoms with Crippen molar-refractivity contribution in [1.82, 2.24) is 14.5 Å². The normalized spacial score (nSPS) is 23.5. The van der Waals surface area contributed by atoms with Gasteiger partial charge in [-0.15, -0.1) is 10.2 Å². The zero-order valence-electron chi connectivity index (χ0n) is 15.0. The van der Waals surface area contributed by atoms with Gasteiger partial charge in [0, 0.05) is 33.0 Å². The standard InChI is InChI=1S/C18H23N3O4S/c1-12-19-20-18(25-12)17-10-21(9-15(17)11-24-2)26(22,23)16-7-6-13-4-3-5-14(13)8-16/h6-8,15,17H,3-5,9-11H2,1-2H3/t15-,17+/m0/s1. The van der Waals surface area contributed by atoms with Crippen molar-refractivity contribution in [1.29, 1.82) is 0 Å². The molecule has 26 heavy (non-hydrogen) atoms. The van der Waals surface area contributed by atoms with Crippen LogP contribution in [0.3, 0.4) is 0 Å². The molecule has 1 aliphatic heterocycles. The van der Waals surface area contributed by atoms with Gasteiger partial charge >= 0.3 is 0 Å².